The van der Waals surface area contributed by atoms with Gasteiger partial charge in [0, 0.05) is 50.7 Å². The number of nitrogens with zero attached hydrogens (tertiary/aromatic N) is 2. The van der Waals surface area contributed by atoms with Crippen molar-refractivity contribution in [3.8, 4) is 0 Å². The van der Waals surface area contributed by atoms with E-state index in [1.807, 2.05) is 29.2 Å². The summed E-state index contributed by atoms with van der Waals surface area (Å²) >= 11 is 5.87. The van der Waals surface area contributed by atoms with Crippen LogP contribution in [-0.2, 0) is 11.3 Å². The van der Waals surface area contributed by atoms with Crippen LogP contribution in [0.1, 0.15) is 12.0 Å². The van der Waals surface area contributed by atoms with Gasteiger partial charge in [0.1, 0.15) is 0 Å². The average molecular weight is 282 g/mol. The summed E-state index contributed by atoms with van der Waals surface area (Å²) in [5.74, 6) is 0.175. The molecule has 104 valence electrons. The summed E-state index contributed by atoms with van der Waals surface area (Å²) in [7, 11) is 0. The topological polar surface area (TPSA) is 49.6 Å². The first-order chi connectivity index (χ1) is 9.19. The second-order valence-electron chi connectivity index (χ2n) is 4.82. The summed E-state index contributed by atoms with van der Waals surface area (Å²) in [5, 5.41) is 0.765. The number of hydrogen-bond donors (Lipinski definition) is 1. The summed E-state index contributed by atoms with van der Waals surface area (Å²) in [5.41, 5.74) is 6.66. The largest absolute Gasteiger partial charge is 0.340 e. The number of carbonyl (C=O) groups is 1. The van der Waals surface area contributed by atoms with Gasteiger partial charge in [0.15, 0.2) is 0 Å². The zero-order valence-corrected chi connectivity index (χ0v) is 11.8. The minimum absolute atomic E-state index is 0.175. The normalized spacial score (nSPS) is 16.6. The molecule has 0 bridgehead atoms. The third kappa shape index (κ3) is 4.20. The van der Waals surface area contributed by atoms with Crippen LogP contribution < -0.4 is 5.73 Å². The number of piperazine rings is 1. The second-order valence-corrected chi connectivity index (χ2v) is 5.26. The van der Waals surface area contributed by atoms with E-state index in [0.29, 0.717) is 13.0 Å². The van der Waals surface area contributed by atoms with Crippen molar-refractivity contribution in [3.63, 3.8) is 0 Å². The van der Waals surface area contributed by atoms with Crippen LogP contribution in [0.5, 0.6) is 0 Å². The second kappa shape index (κ2) is 6.89. The molecule has 0 radical (unpaired) electrons. The lowest BCUT2D eigenvalue weighted by Crippen LogP contribution is -2.48. The molecule has 1 aromatic carbocycles. The van der Waals surface area contributed by atoms with Crippen molar-refractivity contribution in [2.24, 2.45) is 5.73 Å². The molecule has 4 nitrogen and oxygen atoms in total. The number of halogens is 1. The molecule has 5 heteroatoms. The third-order valence-corrected chi connectivity index (χ3v) is 3.65. The lowest BCUT2D eigenvalue weighted by Gasteiger charge is -2.34. The Morgan fingerprint density at radius 1 is 1.16 bits per heavy atom. The smallest absolute Gasteiger partial charge is 0.223 e. The molecule has 0 aliphatic carbocycles. The third-order valence-electron chi connectivity index (χ3n) is 3.40. The maximum atomic E-state index is 11.7. The van der Waals surface area contributed by atoms with Crippen LogP contribution in [0, 0.1) is 0 Å². The number of nitrogens with two attached hydrogens (primary N) is 1. The minimum atomic E-state index is 0.175. The Labute approximate surface area is 119 Å². The minimum Gasteiger partial charge on any atom is -0.340 e. The molecule has 0 spiro atoms. The Morgan fingerprint density at radius 2 is 1.79 bits per heavy atom. The van der Waals surface area contributed by atoms with E-state index in [9.17, 15) is 4.79 Å². The van der Waals surface area contributed by atoms with E-state index in [1.54, 1.807) is 0 Å². The monoisotopic (exact) mass is 281 g/mol. The Balaban J connectivity index is 1.80. The average Bonchev–Trinajstić information content (AvgIpc) is 2.42. The van der Waals surface area contributed by atoms with Gasteiger partial charge in [-0.1, -0.05) is 23.7 Å². The Bertz CT molecular complexity index is 413. The summed E-state index contributed by atoms with van der Waals surface area (Å²) in [6, 6.07) is 7.93. The molecule has 2 rings (SSSR count). The van der Waals surface area contributed by atoms with E-state index in [2.05, 4.69) is 4.90 Å². The highest BCUT2D eigenvalue weighted by molar-refractivity contribution is 6.30. The van der Waals surface area contributed by atoms with E-state index in [0.717, 1.165) is 37.7 Å². The SMILES string of the molecule is NCCC(=O)N1CCN(Cc2ccc(Cl)cc2)CC1. The van der Waals surface area contributed by atoms with Gasteiger partial charge in [-0.05, 0) is 17.7 Å². The first-order valence-corrected chi connectivity index (χ1v) is 7.01. The Hall–Kier alpha value is -1.10. The van der Waals surface area contributed by atoms with Crippen LogP contribution in [0.25, 0.3) is 0 Å². The van der Waals surface area contributed by atoms with Gasteiger partial charge in [-0.25, -0.2) is 0 Å². The van der Waals surface area contributed by atoms with Gasteiger partial charge in [0.05, 0.1) is 0 Å². The van der Waals surface area contributed by atoms with Crippen molar-refractivity contribution in [1.82, 2.24) is 9.80 Å². The molecule has 0 saturated carbocycles. The highest BCUT2D eigenvalue weighted by Crippen LogP contribution is 2.13. The van der Waals surface area contributed by atoms with Crippen LogP contribution in [0.2, 0.25) is 5.02 Å². The number of hydrogen-bond acceptors (Lipinski definition) is 3. The van der Waals surface area contributed by atoms with E-state index < -0.39 is 0 Å². The van der Waals surface area contributed by atoms with Gasteiger partial charge in [-0.15, -0.1) is 0 Å². The molecule has 0 unspecified atom stereocenters. The molecular weight excluding hydrogens is 262 g/mol. The van der Waals surface area contributed by atoms with Crippen molar-refractivity contribution >= 4 is 17.5 Å². The van der Waals surface area contributed by atoms with Crippen LogP contribution in [0.4, 0.5) is 0 Å². The van der Waals surface area contributed by atoms with Gasteiger partial charge in [-0.2, -0.15) is 0 Å². The Kier molecular flexibility index (Phi) is 5.19. The molecule has 19 heavy (non-hydrogen) atoms. The number of carbonyl (C=O) groups excluding carboxylic acids is 1. The lowest BCUT2D eigenvalue weighted by atomic mass is 10.2. The molecule has 1 aromatic rings. The van der Waals surface area contributed by atoms with Crippen molar-refractivity contribution in [2.45, 2.75) is 13.0 Å². The van der Waals surface area contributed by atoms with Gasteiger partial charge in [-0.3, -0.25) is 9.69 Å². The molecule has 1 heterocycles. The standard InChI is InChI=1S/C14H20ClN3O/c15-13-3-1-12(2-4-13)11-17-7-9-18(10-8-17)14(19)5-6-16/h1-4H,5-11,16H2. The molecule has 1 saturated heterocycles. The number of amides is 1. The van der Waals surface area contributed by atoms with E-state index in [-0.39, 0.29) is 5.91 Å². The van der Waals surface area contributed by atoms with Crippen LogP contribution >= 0.6 is 11.6 Å². The predicted molar refractivity (Wildman–Crippen MR) is 77.0 cm³/mol. The predicted octanol–water partition coefficient (Wildman–Crippen LogP) is 1.33. The highest BCUT2D eigenvalue weighted by Gasteiger charge is 2.20. The number of benzene rings is 1. The molecule has 0 atom stereocenters. The van der Waals surface area contributed by atoms with E-state index in [1.165, 1.54) is 5.56 Å². The van der Waals surface area contributed by atoms with Gasteiger partial charge >= 0.3 is 0 Å². The zero-order chi connectivity index (χ0) is 13.7. The van der Waals surface area contributed by atoms with Crippen LogP contribution in [0.15, 0.2) is 24.3 Å². The summed E-state index contributed by atoms with van der Waals surface area (Å²) in [6.45, 7) is 4.77. The summed E-state index contributed by atoms with van der Waals surface area (Å²) in [6.07, 6.45) is 0.456. The lowest BCUT2D eigenvalue weighted by molar-refractivity contribution is -0.132. The maximum Gasteiger partial charge on any atom is 0.223 e. The summed E-state index contributed by atoms with van der Waals surface area (Å²) in [4.78, 5) is 16.0. The molecule has 1 amide bonds. The van der Waals surface area contributed by atoms with Crippen molar-refractivity contribution < 1.29 is 4.79 Å². The fourth-order valence-electron chi connectivity index (χ4n) is 2.28. The molecule has 1 aliphatic heterocycles. The van der Waals surface area contributed by atoms with Gasteiger partial charge < -0.3 is 10.6 Å². The molecular formula is C14H20ClN3O. The molecule has 1 aliphatic rings. The van der Waals surface area contributed by atoms with Crippen LogP contribution in [0.3, 0.4) is 0 Å². The van der Waals surface area contributed by atoms with Crippen molar-refractivity contribution in [3.05, 3.63) is 34.9 Å². The van der Waals surface area contributed by atoms with E-state index >= 15 is 0 Å². The molecule has 1 fully saturated rings. The first-order valence-electron chi connectivity index (χ1n) is 6.63. The molecule has 2 N–H and O–H groups in total. The van der Waals surface area contributed by atoms with Crippen molar-refractivity contribution in [2.75, 3.05) is 32.7 Å². The quantitative estimate of drug-likeness (QED) is 0.906. The van der Waals surface area contributed by atoms with Gasteiger partial charge in [0.2, 0.25) is 5.91 Å². The highest BCUT2D eigenvalue weighted by atomic mass is 35.5. The number of rotatable bonds is 4. The molecule has 0 aromatic heterocycles. The van der Waals surface area contributed by atoms with Crippen molar-refractivity contribution in [1.29, 1.82) is 0 Å². The maximum absolute atomic E-state index is 11.7. The fraction of sp³-hybridized carbons (Fsp3) is 0.500. The fourth-order valence-corrected chi connectivity index (χ4v) is 2.41. The van der Waals surface area contributed by atoms with E-state index in [4.69, 9.17) is 17.3 Å². The summed E-state index contributed by atoms with van der Waals surface area (Å²) < 4.78 is 0. The van der Waals surface area contributed by atoms with Gasteiger partial charge in [0.25, 0.3) is 0 Å². The van der Waals surface area contributed by atoms with Crippen LogP contribution in [-0.4, -0.2) is 48.4 Å². The first kappa shape index (κ1) is 14.3. The Morgan fingerprint density at radius 3 is 2.37 bits per heavy atom. The zero-order valence-electron chi connectivity index (χ0n) is 11.0.